The van der Waals surface area contributed by atoms with Gasteiger partial charge in [-0.2, -0.15) is 0 Å². The summed E-state index contributed by atoms with van der Waals surface area (Å²) in [5.41, 5.74) is 2.25. The molecule has 2 aromatic carbocycles. The molecule has 1 fully saturated rings. The lowest BCUT2D eigenvalue weighted by Gasteiger charge is -2.34. The summed E-state index contributed by atoms with van der Waals surface area (Å²) in [4.78, 5) is 21.7. The zero-order valence-corrected chi connectivity index (χ0v) is 17.0. The monoisotopic (exact) mass is 395 g/mol. The van der Waals surface area contributed by atoms with Crippen molar-refractivity contribution in [1.29, 1.82) is 0 Å². The van der Waals surface area contributed by atoms with Gasteiger partial charge in [0.2, 0.25) is 5.91 Å². The van der Waals surface area contributed by atoms with Gasteiger partial charge in [-0.25, -0.2) is 4.98 Å². The first kappa shape index (κ1) is 18.9. The molecular formula is C22H25N3O2S. The van der Waals surface area contributed by atoms with Crippen molar-refractivity contribution in [2.45, 2.75) is 19.4 Å². The summed E-state index contributed by atoms with van der Waals surface area (Å²) in [6, 6.07) is 16.2. The van der Waals surface area contributed by atoms with E-state index in [4.69, 9.17) is 9.72 Å². The molecule has 1 aliphatic rings. The number of hydrogen-bond donors (Lipinski definition) is 0. The van der Waals surface area contributed by atoms with Gasteiger partial charge >= 0.3 is 0 Å². The van der Waals surface area contributed by atoms with Gasteiger partial charge in [0, 0.05) is 32.6 Å². The Bertz CT molecular complexity index is 897. The number of rotatable bonds is 6. The van der Waals surface area contributed by atoms with E-state index in [0.717, 1.165) is 55.4 Å². The lowest BCUT2D eigenvalue weighted by Crippen LogP contribution is -2.48. The van der Waals surface area contributed by atoms with E-state index < -0.39 is 0 Å². The molecule has 1 amide bonds. The van der Waals surface area contributed by atoms with Gasteiger partial charge in [-0.1, -0.05) is 24.3 Å². The maximum absolute atomic E-state index is 12.5. The van der Waals surface area contributed by atoms with Gasteiger partial charge in [-0.3, -0.25) is 9.69 Å². The average molecular weight is 396 g/mol. The number of hydrogen-bond acceptors (Lipinski definition) is 5. The van der Waals surface area contributed by atoms with Crippen LogP contribution in [0, 0.1) is 0 Å². The van der Waals surface area contributed by atoms with Crippen LogP contribution in [0.15, 0.2) is 48.5 Å². The first-order valence-corrected chi connectivity index (χ1v) is 10.5. The first-order valence-electron chi connectivity index (χ1n) is 9.69. The number of methoxy groups -OCH3 is 1. The highest BCUT2D eigenvalue weighted by Crippen LogP contribution is 2.23. The molecule has 1 aromatic heterocycles. The number of aryl methyl sites for hydroxylation is 1. The second-order valence-corrected chi connectivity index (χ2v) is 8.20. The number of ether oxygens (including phenoxy) is 1. The quantitative estimate of drug-likeness (QED) is 0.640. The Morgan fingerprint density at radius 1 is 1.07 bits per heavy atom. The molecule has 1 saturated heterocycles. The number of nitrogens with zero attached hydrogens (tertiary/aromatic N) is 3. The van der Waals surface area contributed by atoms with Crippen molar-refractivity contribution in [2.24, 2.45) is 0 Å². The summed E-state index contributed by atoms with van der Waals surface area (Å²) >= 11 is 1.76. The highest BCUT2D eigenvalue weighted by molar-refractivity contribution is 7.18. The number of benzene rings is 2. The minimum atomic E-state index is 0.246. The predicted octanol–water partition coefficient (Wildman–Crippen LogP) is 3.58. The maximum Gasteiger partial charge on any atom is 0.222 e. The zero-order chi connectivity index (χ0) is 19.3. The standard InChI is InChI=1S/C22H25N3O2S/c1-27-18-9-6-17(7-10-18)8-11-22(26)25-14-12-24(13-15-25)16-21-23-19-4-2-3-5-20(19)28-21/h2-7,9-10H,8,11-16H2,1H3. The Hall–Kier alpha value is -2.44. The molecular weight excluding hydrogens is 370 g/mol. The van der Waals surface area contributed by atoms with Crippen molar-refractivity contribution >= 4 is 27.5 Å². The van der Waals surface area contributed by atoms with Crippen molar-refractivity contribution in [3.63, 3.8) is 0 Å². The van der Waals surface area contributed by atoms with Crippen LogP contribution in [-0.4, -0.2) is 54.0 Å². The first-order chi connectivity index (χ1) is 13.7. The minimum Gasteiger partial charge on any atom is -0.497 e. The molecule has 4 rings (SSSR count). The lowest BCUT2D eigenvalue weighted by atomic mass is 10.1. The summed E-state index contributed by atoms with van der Waals surface area (Å²) < 4.78 is 6.42. The molecule has 1 aliphatic heterocycles. The maximum atomic E-state index is 12.5. The van der Waals surface area contributed by atoms with E-state index in [9.17, 15) is 4.79 Å². The van der Waals surface area contributed by atoms with Crippen LogP contribution in [0.3, 0.4) is 0 Å². The van der Waals surface area contributed by atoms with Gasteiger partial charge in [0.25, 0.3) is 0 Å². The highest BCUT2D eigenvalue weighted by atomic mass is 32.1. The average Bonchev–Trinajstić information content (AvgIpc) is 3.15. The van der Waals surface area contributed by atoms with Crippen molar-refractivity contribution in [3.8, 4) is 5.75 Å². The molecule has 0 radical (unpaired) electrons. The summed E-state index contributed by atoms with van der Waals surface area (Å²) in [6.07, 6.45) is 1.33. The summed E-state index contributed by atoms with van der Waals surface area (Å²) in [5.74, 6) is 1.09. The molecule has 0 aliphatic carbocycles. The number of fused-ring (bicyclic) bond motifs is 1. The minimum absolute atomic E-state index is 0.246. The second kappa shape index (κ2) is 8.71. The fraction of sp³-hybridized carbons (Fsp3) is 0.364. The molecule has 2 heterocycles. The smallest absolute Gasteiger partial charge is 0.222 e. The highest BCUT2D eigenvalue weighted by Gasteiger charge is 2.21. The van der Waals surface area contributed by atoms with Crippen molar-refractivity contribution < 1.29 is 9.53 Å². The lowest BCUT2D eigenvalue weighted by molar-refractivity contribution is -0.133. The van der Waals surface area contributed by atoms with E-state index in [-0.39, 0.29) is 5.91 Å². The third-order valence-corrected chi connectivity index (χ3v) is 6.23. The fourth-order valence-electron chi connectivity index (χ4n) is 3.54. The molecule has 0 bridgehead atoms. The van der Waals surface area contributed by atoms with Gasteiger partial charge < -0.3 is 9.64 Å². The van der Waals surface area contributed by atoms with Gasteiger partial charge in [0.05, 0.1) is 23.9 Å². The molecule has 3 aromatic rings. The van der Waals surface area contributed by atoms with Gasteiger partial charge in [0.1, 0.15) is 10.8 Å². The number of amides is 1. The third kappa shape index (κ3) is 4.51. The van der Waals surface area contributed by atoms with E-state index in [1.807, 2.05) is 35.2 Å². The second-order valence-electron chi connectivity index (χ2n) is 7.08. The molecule has 146 valence electrons. The number of carbonyl (C=O) groups is 1. The molecule has 0 N–H and O–H groups in total. The largest absolute Gasteiger partial charge is 0.497 e. The van der Waals surface area contributed by atoms with E-state index in [2.05, 4.69) is 23.1 Å². The van der Waals surface area contributed by atoms with E-state index in [1.54, 1.807) is 18.4 Å². The van der Waals surface area contributed by atoms with Gasteiger partial charge in [-0.15, -0.1) is 11.3 Å². The van der Waals surface area contributed by atoms with Gasteiger partial charge in [0.15, 0.2) is 0 Å². The van der Waals surface area contributed by atoms with E-state index in [1.165, 1.54) is 10.3 Å². The number of aromatic nitrogens is 1. The molecule has 0 atom stereocenters. The Balaban J connectivity index is 1.24. The van der Waals surface area contributed by atoms with Gasteiger partial charge in [-0.05, 0) is 36.2 Å². The Labute approximate surface area is 169 Å². The topological polar surface area (TPSA) is 45.7 Å². The van der Waals surface area contributed by atoms with E-state index >= 15 is 0 Å². The van der Waals surface area contributed by atoms with Crippen LogP contribution in [0.5, 0.6) is 5.75 Å². The van der Waals surface area contributed by atoms with Crippen molar-refractivity contribution in [3.05, 3.63) is 59.1 Å². The van der Waals surface area contributed by atoms with Crippen LogP contribution in [0.2, 0.25) is 0 Å². The molecule has 5 nitrogen and oxygen atoms in total. The van der Waals surface area contributed by atoms with Crippen LogP contribution >= 0.6 is 11.3 Å². The van der Waals surface area contributed by atoms with Crippen LogP contribution < -0.4 is 4.74 Å². The SMILES string of the molecule is COc1ccc(CCC(=O)N2CCN(Cc3nc4ccccc4s3)CC2)cc1. The molecule has 0 unspecified atom stereocenters. The summed E-state index contributed by atoms with van der Waals surface area (Å²) in [5, 5.41) is 1.15. The molecule has 0 saturated carbocycles. The fourth-order valence-corrected chi connectivity index (χ4v) is 4.55. The number of para-hydroxylation sites is 1. The normalized spacial score (nSPS) is 15.1. The summed E-state index contributed by atoms with van der Waals surface area (Å²) in [6.45, 7) is 4.28. The Morgan fingerprint density at radius 2 is 1.82 bits per heavy atom. The predicted molar refractivity (Wildman–Crippen MR) is 113 cm³/mol. The van der Waals surface area contributed by atoms with Crippen molar-refractivity contribution in [2.75, 3.05) is 33.3 Å². The zero-order valence-electron chi connectivity index (χ0n) is 16.1. The van der Waals surface area contributed by atoms with Crippen LogP contribution in [-0.2, 0) is 17.8 Å². The number of piperazine rings is 1. The van der Waals surface area contributed by atoms with Crippen LogP contribution in [0.25, 0.3) is 10.2 Å². The Kier molecular flexibility index (Phi) is 5.88. The molecule has 6 heteroatoms. The van der Waals surface area contributed by atoms with Crippen LogP contribution in [0.1, 0.15) is 17.0 Å². The summed E-state index contributed by atoms with van der Waals surface area (Å²) in [7, 11) is 1.66. The van der Waals surface area contributed by atoms with Crippen molar-refractivity contribution in [1.82, 2.24) is 14.8 Å². The Morgan fingerprint density at radius 3 is 2.54 bits per heavy atom. The van der Waals surface area contributed by atoms with Crippen LogP contribution in [0.4, 0.5) is 0 Å². The van der Waals surface area contributed by atoms with E-state index in [0.29, 0.717) is 6.42 Å². The number of thiazole rings is 1. The number of carbonyl (C=O) groups excluding carboxylic acids is 1. The third-order valence-electron chi connectivity index (χ3n) is 5.21. The molecule has 28 heavy (non-hydrogen) atoms. The molecule has 0 spiro atoms.